The van der Waals surface area contributed by atoms with Crippen LogP contribution < -0.4 is 5.32 Å². The first kappa shape index (κ1) is 22.0. The number of anilines is 1. The topological polar surface area (TPSA) is 121 Å². The molecule has 4 rings (SSSR count). The van der Waals surface area contributed by atoms with Crippen molar-refractivity contribution in [2.75, 3.05) is 5.32 Å². The molecule has 166 valence electrons. The van der Waals surface area contributed by atoms with Gasteiger partial charge in [0, 0.05) is 5.56 Å². The fraction of sp³-hybridized carbons (Fsp3) is 0.0833. The predicted molar refractivity (Wildman–Crippen MR) is 123 cm³/mol. The molecule has 0 aliphatic rings. The number of hydrogen-bond acceptors (Lipinski definition) is 5. The summed E-state index contributed by atoms with van der Waals surface area (Å²) in [5.74, 6) is -2.03. The van der Waals surface area contributed by atoms with Crippen molar-refractivity contribution in [3.63, 3.8) is 0 Å². The Hall–Kier alpha value is -4.17. The number of imidazole rings is 1. The minimum atomic E-state index is -1.18. The number of carbonyl (C=O) groups excluding carboxylic acids is 2. The summed E-state index contributed by atoms with van der Waals surface area (Å²) < 4.78 is 5.37. The zero-order chi connectivity index (χ0) is 23.5. The van der Waals surface area contributed by atoms with Crippen molar-refractivity contribution in [3.8, 4) is 11.4 Å². The highest BCUT2D eigenvalue weighted by Crippen LogP contribution is 2.26. The average Bonchev–Trinajstić information content (AvgIpc) is 3.24. The lowest BCUT2D eigenvalue weighted by atomic mass is 10.1. The first-order valence-electron chi connectivity index (χ1n) is 9.92. The number of esters is 1. The van der Waals surface area contributed by atoms with Gasteiger partial charge in [-0.25, -0.2) is 14.6 Å². The summed E-state index contributed by atoms with van der Waals surface area (Å²) in [6.45, 7) is 1.41. The average molecular weight is 464 g/mol. The van der Waals surface area contributed by atoms with Crippen molar-refractivity contribution in [2.45, 2.75) is 13.0 Å². The SMILES string of the molecule is CC(OC(=O)c1ccccc1-c1nc2ccccc2[nH]1)C(=O)Nc1cc(C(=O)O)ccc1Cl. The molecule has 1 unspecified atom stereocenters. The summed E-state index contributed by atoms with van der Waals surface area (Å²) in [4.78, 5) is 44.3. The second-order valence-corrected chi connectivity index (χ2v) is 7.59. The number of aromatic carboxylic acids is 1. The number of amides is 1. The summed E-state index contributed by atoms with van der Waals surface area (Å²) in [7, 11) is 0. The summed E-state index contributed by atoms with van der Waals surface area (Å²) in [5.41, 5.74) is 2.41. The van der Waals surface area contributed by atoms with Crippen LogP contribution >= 0.6 is 11.6 Å². The van der Waals surface area contributed by atoms with E-state index in [-0.39, 0.29) is 21.8 Å². The van der Waals surface area contributed by atoms with Crippen LogP contribution in [0.2, 0.25) is 5.02 Å². The molecule has 0 aliphatic carbocycles. The third-order valence-corrected chi connectivity index (χ3v) is 5.25. The Kier molecular flexibility index (Phi) is 6.10. The van der Waals surface area contributed by atoms with Crippen LogP contribution in [0.3, 0.4) is 0 Å². The molecule has 0 fully saturated rings. The van der Waals surface area contributed by atoms with E-state index in [0.29, 0.717) is 11.4 Å². The molecule has 1 atom stereocenters. The molecule has 33 heavy (non-hydrogen) atoms. The highest BCUT2D eigenvalue weighted by molar-refractivity contribution is 6.34. The van der Waals surface area contributed by atoms with Crippen LogP contribution in [0.5, 0.6) is 0 Å². The molecule has 0 radical (unpaired) electrons. The number of rotatable bonds is 6. The second-order valence-electron chi connectivity index (χ2n) is 7.18. The van der Waals surface area contributed by atoms with Crippen molar-refractivity contribution >= 4 is 46.2 Å². The van der Waals surface area contributed by atoms with E-state index in [2.05, 4.69) is 15.3 Å². The van der Waals surface area contributed by atoms with E-state index in [4.69, 9.17) is 21.4 Å². The Balaban J connectivity index is 1.52. The molecule has 1 aromatic heterocycles. The van der Waals surface area contributed by atoms with Crippen LogP contribution in [0, 0.1) is 0 Å². The zero-order valence-corrected chi connectivity index (χ0v) is 18.1. The van der Waals surface area contributed by atoms with Gasteiger partial charge in [-0.3, -0.25) is 4.79 Å². The third kappa shape index (κ3) is 4.70. The van der Waals surface area contributed by atoms with E-state index < -0.39 is 23.9 Å². The maximum Gasteiger partial charge on any atom is 0.339 e. The Morgan fingerprint density at radius 1 is 1.06 bits per heavy atom. The fourth-order valence-electron chi connectivity index (χ4n) is 3.21. The van der Waals surface area contributed by atoms with E-state index >= 15 is 0 Å². The first-order chi connectivity index (χ1) is 15.8. The molecule has 9 heteroatoms. The number of nitrogens with zero attached hydrogens (tertiary/aromatic N) is 1. The molecular weight excluding hydrogens is 446 g/mol. The molecule has 1 heterocycles. The molecule has 3 aromatic carbocycles. The minimum absolute atomic E-state index is 0.0425. The van der Waals surface area contributed by atoms with Crippen LogP contribution in [0.4, 0.5) is 5.69 Å². The molecule has 0 aliphatic heterocycles. The standard InChI is InChI=1S/C24H18ClN3O5/c1-13(22(29)28-20-12-14(23(30)31)10-11-17(20)25)33-24(32)16-7-3-2-6-15(16)21-26-18-8-4-5-9-19(18)27-21/h2-13H,1H3,(H,26,27)(H,28,29)(H,30,31). The second kappa shape index (κ2) is 9.13. The number of fused-ring (bicyclic) bond motifs is 1. The van der Waals surface area contributed by atoms with Crippen LogP contribution in [-0.2, 0) is 9.53 Å². The number of ether oxygens (including phenoxy) is 1. The van der Waals surface area contributed by atoms with Gasteiger partial charge in [0.1, 0.15) is 5.82 Å². The summed E-state index contributed by atoms with van der Waals surface area (Å²) >= 11 is 6.05. The van der Waals surface area contributed by atoms with Crippen LogP contribution in [-0.4, -0.2) is 39.0 Å². The normalized spacial score (nSPS) is 11.7. The third-order valence-electron chi connectivity index (χ3n) is 4.92. The fourth-order valence-corrected chi connectivity index (χ4v) is 3.38. The number of carboxylic acids is 1. The number of carboxylic acid groups (broad SMARTS) is 1. The van der Waals surface area contributed by atoms with E-state index in [9.17, 15) is 14.4 Å². The number of benzene rings is 3. The number of carbonyl (C=O) groups is 3. The van der Waals surface area contributed by atoms with Gasteiger partial charge in [0.25, 0.3) is 5.91 Å². The largest absolute Gasteiger partial charge is 0.478 e. The molecule has 3 N–H and O–H groups in total. The van der Waals surface area contributed by atoms with Gasteiger partial charge in [-0.05, 0) is 43.3 Å². The van der Waals surface area contributed by atoms with Crippen molar-refractivity contribution in [1.29, 1.82) is 0 Å². The molecule has 0 saturated heterocycles. The number of para-hydroxylation sites is 2. The Bertz CT molecular complexity index is 1350. The lowest BCUT2D eigenvalue weighted by molar-refractivity contribution is -0.123. The number of aromatic amines is 1. The monoisotopic (exact) mass is 463 g/mol. The van der Waals surface area contributed by atoms with Gasteiger partial charge in [0.15, 0.2) is 6.10 Å². The van der Waals surface area contributed by atoms with Crippen molar-refractivity contribution in [1.82, 2.24) is 9.97 Å². The lowest BCUT2D eigenvalue weighted by Gasteiger charge is -2.15. The number of halogens is 1. The quantitative estimate of drug-likeness (QED) is 0.354. The number of H-pyrrole nitrogens is 1. The molecular formula is C24H18ClN3O5. The molecule has 0 saturated carbocycles. The number of hydrogen-bond donors (Lipinski definition) is 3. The van der Waals surface area contributed by atoms with Crippen LogP contribution in [0.25, 0.3) is 22.4 Å². The van der Waals surface area contributed by atoms with Crippen molar-refractivity contribution < 1.29 is 24.2 Å². The summed E-state index contributed by atoms with van der Waals surface area (Å²) in [6.07, 6.45) is -1.18. The smallest absolute Gasteiger partial charge is 0.339 e. The van der Waals surface area contributed by atoms with E-state index in [0.717, 1.165) is 11.0 Å². The van der Waals surface area contributed by atoms with Gasteiger partial charge in [-0.1, -0.05) is 41.9 Å². The van der Waals surface area contributed by atoms with Gasteiger partial charge >= 0.3 is 11.9 Å². The van der Waals surface area contributed by atoms with Crippen LogP contribution in [0.15, 0.2) is 66.7 Å². The first-order valence-corrected chi connectivity index (χ1v) is 10.3. The minimum Gasteiger partial charge on any atom is -0.478 e. The summed E-state index contributed by atoms with van der Waals surface area (Å²) in [6, 6.07) is 18.2. The highest BCUT2D eigenvalue weighted by atomic mass is 35.5. The number of aromatic nitrogens is 2. The molecule has 1 amide bonds. The van der Waals surface area contributed by atoms with E-state index in [1.807, 2.05) is 24.3 Å². The van der Waals surface area contributed by atoms with Crippen molar-refractivity contribution in [2.24, 2.45) is 0 Å². The van der Waals surface area contributed by atoms with E-state index in [1.165, 1.54) is 25.1 Å². The molecule has 4 aromatic rings. The van der Waals surface area contributed by atoms with Gasteiger partial charge in [-0.2, -0.15) is 0 Å². The Morgan fingerprint density at radius 2 is 1.79 bits per heavy atom. The van der Waals surface area contributed by atoms with E-state index in [1.54, 1.807) is 24.3 Å². The predicted octanol–water partition coefficient (Wildman–Crippen LogP) is 4.77. The Morgan fingerprint density at radius 3 is 2.55 bits per heavy atom. The Labute approximate surface area is 193 Å². The van der Waals surface area contributed by atoms with Crippen LogP contribution in [0.1, 0.15) is 27.6 Å². The molecule has 0 bridgehead atoms. The summed E-state index contributed by atoms with van der Waals surface area (Å²) in [5, 5.41) is 11.8. The van der Waals surface area contributed by atoms with Gasteiger partial charge in [0.2, 0.25) is 0 Å². The van der Waals surface area contributed by atoms with Gasteiger partial charge in [-0.15, -0.1) is 0 Å². The van der Waals surface area contributed by atoms with Gasteiger partial charge in [0.05, 0.1) is 32.9 Å². The maximum absolute atomic E-state index is 12.9. The maximum atomic E-state index is 12.9. The van der Waals surface area contributed by atoms with Gasteiger partial charge < -0.3 is 20.1 Å². The zero-order valence-electron chi connectivity index (χ0n) is 17.3. The highest BCUT2D eigenvalue weighted by Gasteiger charge is 2.23. The molecule has 8 nitrogen and oxygen atoms in total. The lowest BCUT2D eigenvalue weighted by Crippen LogP contribution is -2.30. The molecule has 0 spiro atoms. The number of nitrogens with one attached hydrogen (secondary N) is 2. The van der Waals surface area contributed by atoms with Crippen molar-refractivity contribution in [3.05, 3.63) is 82.9 Å².